The van der Waals surface area contributed by atoms with Gasteiger partial charge < -0.3 is 19.6 Å². The van der Waals surface area contributed by atoms with Gasteiger partial charge in [0.15, 0.2) is 0 Å². The number of hydrogen-bond donors (Lipinski definition) is 1. The van der Waals surface area contributed by atoms with E-state index in [2.05, 4.69) is 14.9 Å². The van der Waals surface area contributed by atoms with Crippen molar-refractivity contribution < 1.29 is 19.4 Å². The maximum atomic E-state index is 13.7. The number of carbonyl (C=O) groups excluding carboxylic acids is 1. The molecule has 1 saturated heterocycles. The fourth-order valence-corrected chi connectivity index (χ4v) is 5.06. The van der Waals surface area contributed by atoms with Crippen LogP contribution in [0.2, 0.25) is 0 Å². The van der Waals surface area contributed by atoms with Gasteiger partial charge in [0.05, 0.1) is 30.9 Å². The first kappa shape index (κ1) is 24.7. The zero-order chi connectivity index (χ0) is 24.6. The van der Waals surface area contributed by atoms with Gasteiger partial charge in [0.25, 0.3) is 0 Å². The molecule has 8 heteroatoms. The number of aromatic nitrogens is 2. The number of amides is 1. The Morgan fingerprint density at radius 2 is 1.89 bits per heavy atom. The van der Waals surface area contributed by atoms with E-state index in [4.69, 9.17) is 9.84 Å². The Labute approximate surface area is 206 Å². The van der Waals surface area contributed by atoms with Gasteiger partial charge in [0.2, 0.25) is 11.8 Å². The third kappa shape index (κ3) is 6.59. The van der Waals surface area contributed by atoms with Crippen molar-refractivity contribution in [2.24, 2.45) is 11.8 Å². The molecule has 2 aromatic rings. The molecule has 0 unspecified atom stereocenters. The van der Waals surface area contributed by atoms with Crippen molar-refractivity contribution in [2.45, 2.75) is 44.9 Å². The van der Waals surface area contributed by atoms with Gasteiger partial charge in [-0.15, -0.1) is 0 Å². The summed E-state index contributed by atoms with van der Waals surface area (Å²) in [6.07, 6.45) is 15.0. The SMILES string of the molecule is COc1ccc(N2CCC(CN(C(=O)C3CCCCC3)c3cncc(C=CC(=O)O)c3)CC2)cn1. The molecular formula is C27H34N4O4. The average molecular weight is 479 g/mol. The number of aliphatic carboxylic acids is 1. The second-order valence-corrected chi connectivity index (χ2v) is 9.42. The van der Waals surface area contributed by atoms with Gasteiger partial charge in [0.1, 0.15) is 0 Å². The molecule has 2 fully saturated rings. The summed E-state index contributed by atoms with van der Waals surface area (Å²) in [4.78, 5) is 37.5. The van der Waals surface area contributed by atoms with E-state index in [9.17, 15) is 9.59 Å². The average Bonchev–Trinajstić information content (AvgIpc) is 2.91. The molecule has 1 saturated carbocycles. The number of carboxylic acids is 1. The van der Waals surface area contributed by atoms with Crippen LogP contribution in [0.4, 0.5) is 11.4 Å². The molecule has 2 aromatic heterocycles. The quantitative estimate of drug-likeness (QED) is 0.561. The fraction of sp³-hybridized carbons (Fsp3) is 0.481. The molecule has 0 bridgehead atoms. The van der Waals surface area contributed by atoms with Crippen LogP contribution in [0.1, 0.15) is 50.5 Å². The largest absolute Gasteiger partial charge is 0.481 e. The lowest BCUT2D eigenvalue weighted by atomic mass is 9.87. The van der Waals surface area contributed by atoms with Crippen molar-refractivity contribution in [2.75, 3.05) is 36.5 Å². The summed E-state index contributed by atoms with van der Waals surface area (Å²) in [6, 6.07) is 5.78. The molecule has 0 aromatic carbocycles. The van der Waals surface area contributed by atoms with Gasteiger partial charge in [-0.25, -0.2) is 9.78 Å². The van der Waals surface area contributed by atoms with Crippen LogP contribution >= 0.6 is 0 Å². The van der Waals surface area contributed by atoms with Crippen LogP contribution in [0.25, 0.3) is 6.08 Å². The topological polar surface area (TPSA) is 95.9 Å². The summed E-state index contributed by atoms with van der Waals surface area (Å²) in [5.74, 6) is 0.196. The number of carboxylic acid groups (broad SMARTS) is 1. The molecule has 35 heavy (non-hydrogen) atoms. The van der Waals surface area contributed by atoms with Crippen molar-refractivity contribution in [3.63, 3.8) is 0 Å². The minimum absolute atomic E-state index is 0.0485. The van der Waals surface area contributed by atoms with Gasteiger partial charge in [0, 0.05) is 43.9 Å². The number of anilines is 2. The van der Waals surface area contributed by atoms with Gasteiger partial charge in [-0.05, 0) is 55.4 Å². The molecule has 0 spiro atoms. The fourth-order valence-electron chi connectivity index (χ4n) is 5.06. The summed E-state index contributed by atoms with van der Waals surface area (Å²) in [5.41, 5.74) is 2.50. The highest BCUT2D eigenvalue weighted by molar-refractivity contribution is 5.95. The Morgan fingerprint density at radius 3 is 2.54 bits per heavy atom. The van der Waals surface area contributed by atoms with Crippen LogP contribution in [0.3, 0.4) is 0 Å². The van der Waals surface area contributed by atoms with E-state index in [0.717, 1.165) is 69.1 Å². The number of nitrogens with zero attached hydrogens (tertiary/aromatic N) is 4. The molecule has 0 radical (unpaired) electrons. The zero-order valence-electron chi connectivity index (χ0n) is 20.3. The lowest BCUT2D eigenvalue weighted by Crippen LogP contribution is -2.43. The van der Waals surface area contributed by atoms with Crippen molar-refractivity contribution >= 4 is 29.3 Å². The molecule has 0 atom stereocenters. The maximum Gasteiger partial charge on any atom is 0.328 e. The number of carbonyl (C=O) groups is 2. The van der Waals surface area contributed by atoms with Crippen LogP contribution < -0.4 is 14.5 Å². The Kier molecular flexibility index (Phi) is 8.34. The van der Waals surface area contributed by atoms with E-state index in [1.807, 2.05) is 29.3 Å². The van der Waals surface area contributed by atoms with Crippen molar-refractivity contribution in [1.82, 2.24) is 9.97 Å². The molecule has 4 rings (SSSR count). The monoisotopic (exact) mass is 478 g/mol. The predicted octanol–water partition coefficient (Wildman–Crippen LogP) is 4.41. The number of pyridine rings is 2. The van der Waals surface area contributed by atoms with Crippen LogP contribution in [0, 0.1) is 11.8 Å². The smallest absolute Gasteiger partial charge is 0.328 e. The summed E-state index contributed by atoms with van der Waals surface area (Å²) in [5, 5.41) is 8.97. The Morgan fingerprint density at radius 1 is 1.11 bits per heavy atom. The normalized spacial score (nSPS) is 17.5. The van der Waals surface area contributed by atoms with E-state index < -0.39 is 5.97 Å². The van der Waals surface area contributed by atoms with Crippen LogP contribution in [0.15, 0.2) is 42.9 Å². The minimum Gasteiger partial charge on any atom is -0.481 e. The second kappa shape index (κ2) is 11.8. The van der Waals surface area contributed by atoms with Crippen LogP contribution in [0.5, 0.6) is 5.88 Å². The molecule has 2 aliphatic rings. The highest BCUT2D eigenvalue weighted by Crippen LogP contribution is 2.31. The van der Waals surface area contributed by atoms with E-state index in [-0.39, 0.29) is 11.8 Å². The number of methoxy groups -OCH3 is 1. The first-order valence-electron chi connectivity index (χ1n) is 12.5. The van der Waals surface area contributed by atoms with Gasteiger partial charge in [-0.1, -0.05) is 19.3 Å². The van der Waals surface area contributed by atoms with E-state index in [0.29, 0.717) is 23.9 Å². The van der Waals surface area contributed by atoms with Gasteiger partial charge in [-0.2, -0.15) is 0 Å². The number of rotatable bonds is 8. The number of ether oxygens (including phenoxy) is 1. The molecule has 186 valence electrons. The minimum atomic E-state index is -1.01. The summed E-state index contributed by atoms with van der Waals surface area (Å²) in [6.45, 7) is 2.46. The molecular weight excluding hydrogens is 444 g/mol. The molecule has 3 heterocycles. The predicted molar refractivity (Wildman–Crippen MR) is 136 cm³/mol. The second-order valence-electron chi connectivity index (χ2n) is 9.42. The number of hydrogen-bond acceptors (Lipinski definition) is 6. The standard InChI is InChI=1S/C27H34N4O4/c1-35-25-9-8-23(18-29-25)30-13-11-20(12-14-30)19-31(27(34)22-5-3-2-4-6-22)24-15-21(16-28-17-24)7-10-26(32)33/h7-10,15-18,20,22H,2-6,11-14,19H2,1H3,(H,32,33). The molecule has 1 aliphatic carbocycles. The van der Waals surface area contributed by atoms with Gasteiger partial charge in [-0.3, -0.25) is 9.78 Å². The van der Waals surface area contributed by atoms with Crippen molar-refractivity contribution in [3.05, 3.63) is 48.4 Å². The van der Waals surface area contributed by atoms with E-state index in [1.165, 1.54) is 12.5 Å². The lowest BCUT2D eigenvalue weighted by molar-refractivity contribution is -0.131. The van der Waals surface area contributed by atoms with Crippen LogP contribution in [-0.4, -0.2) is 53.7 Å². The Hall–Kier alpha value is -3.42. The van der Waals surface area contributed by atoms with Crippen LogP contribution in [-0.2, 0) is 9.59 Å². The third-order valence-corrected chi connectivity index (χ3v) is 7.05. The summed E-state index contributed by atoms with van der Waals surface area (Å²) in [7, 11) is 1.61. The number of piperidine rings is 1. The highest BCUT2D eigenvalue weighted by atomic mass is 16.5. The third-order valence-electron chi connectivity index (χ3n) is 7.05. The summed E-state index contributed by atoms with van der Waals surface area (Å²) >= 11 is 0. The van der Waals surface area contributed by atoms with E-state index >= 15 is 0 Å². The van der Waals surface area contributed by atoms with Gasteiger partial charge >= 0.3 is 5.97 Å². The molecule has 1 N–H and O–H groups in total. The first-order chi connectivity index (χ1) is 17.0. The first-order valence-corrected chi connectivity index (χ1v) is 12.5. The van der Waals surface area contributed by atoms with Crippen molar-refractivity contribution in [3.8, 4) is 5.88 Å². The lowest BCUT2D eigenvalue weighted by Gasteiger charge is -2.37. The maximum absolute atomic E-state index is 13.7. The highest BCUT2D eigenvalue weighted by Gasteiger charge is 2.30. The zero-order valence-corrected chi connectivity index (χ0v) is 20.3. The van der Waals surface area contributed by atoms with E-state index in [1.54, 1.807) is 19.5 Å². The van der Waals surface area contributed by atoms with Crippen molar-refractivity contribution in [1.29, 1.82) is 0 Å². The molecule has 8 nitrogen and oxygen atoms in total. The molecule has 1 aliphatic heterocycles. The Balaban J connectivity index is 1.47. The summed E-state index contributed by atoms with van der Waals surface area (Å²) < 4.78 is 5.16. The molecule has 1 amide bonds. The Bertz CT molecular complexity index is 1030.